The normalized spacial score (nSPS) is 21.4. The van der Waals surface area contributed by atoms with Crippen molar-refractivity contribution in [2.45, 2.75) is 44.3 Å². The monoisotopic (exact) mass is 260 g/mol. The number of rotatable bonds is 7. The number of nitrogens with two attached hydrogens (primary N) is 1. The molecule has 1 aliphatic carbocycles. The molecule has 0 heterocycles. The zero-order valence-electron chi connectivity index (χ0n) is 10.8. The third-order valence-corrected chi connectivity index (χ3v) is 5.19. The Morgan fingerprint density at radius 1 is 1.53 bits per heavy atom. The van der Waals surface area contributed by atoms with Crippen LogP contribution in [0.25, 0.3) is 0 Å². The molecule has 0 aromatic heterocycles. The smallest absolute Gasteiger partial charge is 0.220 e. The van der Waals surface area contributed by atoms with Crippen LogP contribution in [-0.4, -0.2) is 34.7 Å². The van der Waals surface area contributed by atoms with Crippen LogP contribution in [0, 0.1) is 5.41 Å². The standard InChI is InChI=1S/C12H24N2O2S/c1-10(17(2)16)4-7-14-11(15)8-12(9-13)5-3-6-12/h10H,3-9,13H2,1-2H3,(H,14,15). The molecular formula is C12H24N2O2S. The third kappa shape index (κ3) is 4.39. The van der Waals surface area contributed by atoms with Gasteiger partial charge in [0.05, 0.1) is 0 Å². The van der Waals surface area contributed by atoms with E-state index in [2.05, 4.69) is 5.32 Å². The predicted octanol–water partition coefficient (Wildman–Crippen LogP) is 0.779. The van der Waals surface area contributed by atoms with Crippen molar-refractivity contribution in [3.8, 4) is 0 Å². The molecule has 0 saturated heterocycles. The van der Waals surface area contributed by atoms with Gasteiger partial charge in [-0.2, -0.15) is 0 Å². The van der Waals surface area contributed by atoms with Crippen molar-refractivity contribution < 1.29 is 9.00 Å². The summed E-state index contributed by atoms with van der Waals surface area (Å²) in [6.45, 7) is 3.16. The molecule has 0 bridgehead atoms. The van der Waals surface area contributed by atoms with Crippen LogP contribution in [0.5, 0.6) is 0 Å². The second-order valence-corrected chi connectivity index (χ2v) is 6.98. The van der Waals surface area contributed by atoms with Gasteiger partial charge in [0, 0.05) is 35.3 Å². The van der Waals surface area contributed by atoms with Gasteiger partial charge in [0.1, 0.15) is 0 Å². The second-order valence-electron chi connectivity index (χ2n) is 5.18. The minimum absolute atomic E-state index is 0.0727. The van der Waals surface area contributed by atoms with E-state index in [-0.39, 0.29) is 16.6 Å². The maximum atomic E-state index is 11.7. The molecule has 1 rings (SSSR count). The van der Waals surface area contributed by atoms with E-state index in [1.165, 1.54) is 6.42 Å². The highest BCUT2D eigenvalue weighted by Gasteiger charge is 2.37. The maximum absolute atomic E-state index is 11.7. The van der Waals surface area contributed by atoms with E-state index in [4.69, 9.17) is 5.73 Å². The Kier molecular flexibility index (Phi) is 5.59. The third-order valence-electron chi connectivity index (χ3n) is 3.82. The van der Waals surface area contributed by atoms with Crippen LogP contribution in [0.15, 0.2) is 0 Å². The van der Waals surface area contributed by atoms with Gasteiger partial charge in [-0.15, -0.1) is 0 Å². The fraction of sp³-hybridized carbons (Fsp3) is 0.917. The van der Waals surface area contributed by atoms with E-state index in [1.807, 2.05) is 6.92 Å². The van der Waals surface area contributed by atoms with Crippen molar-refractivity contribution in [2.75, 3.05) is 19.3 Å². The first-order valence-corrected chi connectivity index (χ1v) is 7.90. The van der Waals surface area contributed by atoms with E-state index in [0.29, 0.717) is 19.5 Å². The van der Waals surface area contributed by atoms with Crippen LogP contribution in [-0.2, 0) is 15.6 Å². The van der Waals surface area contributed by atoms with Crippen molar-refractivity contribution in [3.05, 3.63) is 0 Å². The number of amides is 1. The van der Waals surface area contributed by atoms with Gasteiger partial charge >= 0.3 is 0 Å². The summed E-state index contributed by atoms with van der Waals surface area (Å²) in [5, 5.41) is 3.04. The first kappa shape index (κ1) is 14.6. The molecule has 100 valence electrons. The molecule has 0 spiro atoms. The molecular weight excluding hydrogens is 236 g/mol. The minimum Gasteiger partial charge on any atom is -0.356 e. The quantitative estimate of drug-likeness (QED) is 0.710. The Morgan fingerprint density at radius 2 is 2.18 bits per heavy atom. The molecule has 3 N–H and O–H groups in total. The molecule has 5 heteroatoms. The molecule has 1 aliphatic rings. The Bertz CT molecular complexity index is 285. The minimum atomic E-state index is -0.807. The fourth-order valence-electron chi connectivity index (χ4n) is 2.11. The van der Waals surface area contributed by atoms with E-state index in [9.17, 15) is 9.00 Å². The molecule has 0 radical (unpaired) electrons. The summed E-state index contributed by atoms with van der Waals surface area (Å²) in [5.74, 6) is 0.0873. The Balaban J connectivity index is 2.19. The number of hydrogen-bond acceptors (Lipinski definition) is 3. The molecule has 17 heavy (non-hydrogen) atoms. The zero-order valence-corrected chi connectivity index (χ0v) is 11.6. The summed E-state index contributed by atoms with van der Waals surface area (Å²) in [6, 6.07) is 0. The molecule has 1 amide bonds. The van der Waals surface area contributed by atoms with Gasteiger partial charge in [0.25, 0.3) is 0 Å². The summed E-state index contributed by atoms with van der Waals surface area (Å²) in [4.78, 5) is 11.7. The first-order valence-electron chi connectivity index (χ1n) is 6.28. The first-order chi connectivity index (χ1) is 7.99. The van der Waals surface area contributed by atoms with Crippen molar-refractivity contribution in [3.63, 3.8) is 0 Å². The van der Waals surface area contributed by atoms with Gasteiger partial charge in [0.15, 0.2) is 0 Å². The van der Waals surface area contributed by atoms with Crippen LogP contribution < -0.4 is 11.1 Å². The molecule has 0 aliphatic heterocycles. The van der Waals surface area contributed by atoms with Gasteiger partial charge < -0.3 is 11.1 Å². The lowest BCUT2D eigenvalue weighted by Gasteiger charge is -2.40. The molecule has 2 unspecified atom stereocenters. The largest absolute Gasteiger partial charge is 0.356 e. The lowest BCUT2D eigenvalue weighted by Crippen LogP contribution is -2.42. The topological polar surface area (TPSA) is 72.2 Å². The lowest BCUT2D eigenvalue weighted by molar-refractivity contribution is -0.124. The lowest BCUT2D eigenvalue weighted by atomic mass is 9.66. The van der Waals surface area contributed by atoms with E-state index in [1.54, 1.807) is 6.26 Å². The van der Waals surface area contributed by atoms with Crippen LogP contribution in [0.1, 0.15) is 39.0 Å². The highest BCUT2D eigenvalue weighted by Crippen LogP contribution is 2.42. The van der Waals surface area contributed by atoms with Crippen LogP contribution in [0.3, 0.4) is 0 Å². The van der Waals surface area contributed by atoms with Crippen molar-refractivity contribution in [2.24, 2.45) is 11.1 Å². The van der Waals surface area contributed by atoms with E-state index < -0.39 is 10.8 Å². The van der Waals surface area contributed by atoms with Gasteiger partial charge in [-0.3, -0.25) is 9.00 Å². The summed E-state index contributed by atoms with van der Waals surface area (Å²) in [7, 11) is -0.807. The highest BCUT2D eigenvalue weighted by molar-refractivity contribution is 7.84. The molecule has 0 aromatic carbocycles. The Morgan fingerprint density at radius 3 is 2.59 bits per heavy atom. The number of carbonyl (C=O) groups excluding carboxylic acids is 1. The summed E-state index contributed by atoms with van der Waals surface area (Å²) in [5.41, 5.74) is 5.79. The average molecular weight is 260 g/mol. The van der Waals surface area contributed by atoms with Crippen LogP contribution >= 0.6 is 0 Å². The summed E-state index contributed by atoms with van der Waals surface area (Å²) >= 11 is 0. The zero-order chi connectivity index (χ0) is 12.9. The fourth-order valence-corrected chi connectivity index (χ4v) is 2.56. The van der Waals surface area contributed by atoms with Gasteiger partial charge in [-0.25, -0.2) is 0 Å². The molecule has 0 aromatic rings. The maximum Gasteiger partial charge on any atom is 0.220 e. The Hall–Kier alpha value is -0.420. The molecule has 1 fully saturated rings. The predicted molar refractivity (Wildman–Crippen MR) is 71.1 cm³/mol. The van der Waals surface area contributed by atoms with E-state index in [0.717, 1.165) is 19.3 Å². The average Bonchev–Trinajstić information content (AvgIpc) is 2.23. The Labute approximate surface area is 106 Å². The number of carbonyl (C=O) groups is 1. The van der Waals surface area contributed by atoms with E-state index >= 15 is 0 Å². The van der Waals surface area contributed by atoms with Gasteiger partial charge in [0.2, 0.25) is 5.91 Å². The van der Waals surface area contributed by atoms with Gasteiger partial charge in [-0.05, 0) is 31.2 Å². The molecule has 4 nitrogen and oxygen atoms in total. The molecule has 1 saturated carbocycles. The van der Waals surface area contributed by atoms with Crippen molar-refractivity contribution >= 4 is 16.7 Å². The number of nitrogens with one attached hydrogen (secondary N) is 1. The van der Waals surface area contributed by atoms with Gasteiger partial charge in [-0.1, -0.05) is 13.3 Å². The summed E-state index contributed by atoms with van der Waals surface area (Å²) < 4.78 is 11.1. The number of hydrogen-bond donors (Lipinski definition) is 2. The van der Waals surface area contributed by atoms with Crippen molar-refractivity contribution in [1.29, 1.82) is 0 Å². The van der Waals surface area contributed by atoms with Crippen molar-refractivity contribution in [1.82, 2.24) is 5.32 Å². The van der Waals surface area contributed by atoms with Crippen LogP contribution in [0.2, 0.25) is 0 Å². The second kappa shape index (κ2) is 6.50. The molecule has 2 atom stereocenters. The van der Waals surface area contributed by atoms with Crippen LogP contribution in [0.4, 0.5) is 0 Å². The highest BCUT2D eigenvalue weighted by atomic mass is 32.2. The SMILES string of the molecule is CC(CCNC(=O)CC1(CN)CCC1)S(C)=O. The summed E-state index contributed by atoms with van der Waals surface area (Å²) in [6.07, 6.45) is 6.36.